The van der Waals surface area contributed by atoms with Crippen molar-refractivity contribution in [2.45, 2.75) is 12.8 Å². The molecule has 5 nitrogen and oxygen atoms in total. The van der Waals surface area contributed by atoms with E-state index in [4.69, 9.17) is 10.5 Å². The van der Waals surface area contributed by atoms with Crippen LogP contribution in [0, 0.1) is 0 Å². The first kappa shape index (κ1) is 15.8. The lowest BCUT2D eigenvalue weighted by atomic mass is 9.83. The van der Waals surface area contributed by atoms with Gasteiger partial charge in [0.05, 0.1) is 17.7 Å². The maximum atomic E-state index is 12.8. The predicted octanol–water partition coefficient (Wildman–Crippen LogP) is 3.09. The van der Waals surface area contributed by atoms with Gasteiger partial charge in [-0.2, -0.15) is 0 Å². The predicted molar refractivity (Wildman–Crippen MR) is 90.8 cm³/mol. The SMILES string of the molecule is C=CCCCOc1cc(N)cc2c1C(=O)c1c(O)cccc1C2=O. The smallest absolute Gasteiger partial charge is 0.201 e. The van der Waals surface area contributed by atoms with Gasteiger partial charge < -0.3 is 15.6 Å². The van der Waals surface area contributed by atoms with Crippen molar-refractivity contribution in [3.05, 3.63) is 65.2 Å². The summed E-state index contributed by atoms with van der Waals surface area (Å²) in [5.41, 5.74) is 6.75. The molecule has 0 radical (unpaired) electrons. The maximum absolute atomic E-state index is 12.8. The zero-order valence-electron chi connectivity index (χ0n) is 13.0. The number of nitrogens with two attached hydrogens (primary N) is 1. The van der Waals surface area contributed by atoms with E-state index in [1.807, 2.05) is 0 Å². The number of anilines is 1. The fourth-order valence-corrected chi connectivity index (χ4v) is 2.81. The van der Waals surface area contributed by atoms with E-state index in [0.29, 0.717) is 12.3 Å². The number of phenolic OH excluding ortho intramolecular Hbond substituents is 1. The molecule has 0 saturated heterocycles. The molecule has 0 aromatic heterocycles. The number of hydrogen-bond donors (Lipinski definition) is 2. The van der Waals surface area contributed by atoms with Gasteiger partial charge in [-0.25, -0.2) is 0 Å². The Hall–Kier alpha value is -3.08. The highest BCUT2D eigenvalue weighted by Crippen LogP contribution is 2.38. The summed E-state index contributed by atoms with van der Waals surface area (Å²) >= 11 is 0. The minimum absolute atomic E-state index is 0.00992. The number of benzene rings is 2. The van der Waals surface area contributed by atoms with Crippen molar-refractivity contribution in [1.29, 1.82) is 0 Å². The van der Waals surface area contributed by atoms with Gasteiger partial charge in [0.15, 0.2) is 5.78 Å². The highest BCUT2D eigenvalue weighted by atomic mass is 16.5. The molecule has 0 saturated carbocycles. The summed E-state index contributed by atoms with van der Waals surface area (Å²) < 4.78 is 5.68. The molecule has 0 heterocycles. The van der Waals surface area contributed by atoms with Crippen LogP contribution in [0.1, 0.15) is 44.7 Å². The van der Waals surface area contributed by atoms with Gasteiger partial charge in [-0.05, 0) is 25.0 Å². The van der Waals surface area contributed by atoms with Gasteiger partial charge in [-0.15, -0.1) is 6.58 Å². The van der Waals surface area contributed by atoms with E-state index in [2.05, 4.69) is 6.58 Å². The summed E-state index contributed by atoms with van der Waals surface area (Å²) in [6.45, 7) is 4.02. The number of carbonyl (C=O) groups excluding carboxylic acids is 2. The van der Waals surface area contributed by atoms with Gasteiger partial charge in [0, 0.05) is 22.9 Å². The molecule has 2 aromatic rings. The van der Waals surface area contributed by atoms with Crippen LogP contribution in [-0.4, -0.2) is 23.3 Å². The zero-order valence-corrected chi connectivity index (χ0v) is 13.0. The Morgan fingerprint density at radius 2 is 1.92 bits per heavy atom. The summed E-state index contributed by atoms with van der Waals surface area (Å²) in [7, 11) is 0. The molecule has 0 spiro atoms. The summed E-state index contributed by atoms with van der Waals surface area (Å²) in [6.07, 6.45) is 3.29. The lowest BCUT2D eigenvalue weighted by Crippen LogP contribution is -2.22. The van der Waals surface area contributed by atoms with Crippen molar-refractivity contribution in [2.75, 3.05) is 12.3 Å². The quantitative estimate of drug-likeness (QED) is 0.428. The van der Waals surface area contributed by atoms with E-state index in [9.17, 15) is 14.7 Å². The first-order valence-electron chi connectivity index (χ1n) is 7.63. The number of carbonyl (C=O) groups is 2. The second kappa shape index (κ2) is 6.20. The molecule has 24 heavy (non-hydrogen) atoms. The van der Waals surface area contributed by atoms with Crippen LogP contribution in [0.25, 0.3) is 0 Å². The molecule has 3 N–H and O–H groups in total. The minimum atomic E-state index is -0.434. The van der Waals surface area contributed by atoms with Crippen molar-refractivity contribution >= 4 is 17.3 Å². The number of aromatic hydroxyl groups is 1. The second-order valence-electron chi connectivity index (χ2n) is 5.58. The number of ketones is 2. The molecule has 2 aromatic carbocycles. The molecule has 0 bridgehead atoms. The lowest BCUT2D eigenvalue weighted by molar-refractivity contribution is 0.0973. The van der Waals surface area contributed by atoms with E-state index in [0.717, 1.165) is 12.8 Å². The Morgan fingerprint density at radius 3 is 2.67 bits per heavy atom. The molecule has 3 rings (SSSR count). The first-order chi connectivity index (χ1) is 11.5. The molecule has 0 fully saturated rings. The Kier molecular flexibility index (Phi) is 4.08. The lowest BCUT2D eigenvalue weighted by Gasteiger charge is -2.21. The standard InChI is InChI=1S/C19H17NO4/c1-2-3-4-8-24-15-10-11(20)9-13-17(15)19(23)16-12(18(13)22)6-5-7-14(16)21/h2,5-7,9-10,21H,1,3-4,8,20H2. The molecule has 0 aliphatic heterocycles. The Morgan fingerprint density at radius 1 is 1.12 bits per heavy atom. The van der Waals surface area contributed by atoms with Crippen molar-refractivity contribution in [3.8, 4) is 11.5 Å². The van der Waals surface area contributed by atoms with E-state index < -0.39 is 5.78 Å². The molecule has 0 unspecified atom stereocenters. The van der Waals surface area contributed by atoms with Gasteiger partial charge in [0.1, 0.15) is 11.5 Å². The van der Waals surface area contributed by atoms with Crippen molar-refractivity contribution in [2.24, 2.45) is 0 Å². The third-order valence-corrected chi connectivity index (χ3v) is 3.92. The normalized spacial score (nSPS) is 12.5. The highest BCUT2D eigenvalue weighted by Gasteiger charge is 2.34. The Balaban J connectivity index is 2.09. The molecule has 1 aliphatic rings. The van der Waals surface area contributed by atoms with Crippen LogP contribution < -0.4 is 10.5 Å². The van der Waals surface area contributed by atoms with Crippen LogP contribution in [0.4, 0.5) is 5.69 Å². The number of nitrogen functional groups attached to an aromatic ring is 1. The van der Waals surface area contributed by atoms with E-state index in [1.54, 1.807) is 6.08 Å². The molecule has 122 valence electrons. The van der Waals surface area contributed by atoms with Crippen LogP contribution in [0.15, 0.2) is 43.0 Å². The number of rotatable bonds is 5. The number of fused-ring (bicyclic) bond motifs is 2. The number of allylic oxidation sites excluding steroid dienone is 1. The Labute approximate surface area is 139 Å². The van der Waals surface area contributed by atoms with Crippen LogP contribution >= 0.6 is 0 Å². The van der Waals surface area contributed by atoms with Crippen molar-refractivity contribution in [1.82, 2.24) is 0 Å². The van der Waals surface area contributed by atoms with E-state index >= 15 is 0 Å². The van der Waals surface area contributed by atoms with Crippen molar-refractivity contribution in [3.63, 3.8) is 0 Å². The number of phenols is 1. The fourth-order valence-electron chi connectivity index (χ4n) is 2.81. The van der Waals surface area contributed by atoms with Gasteiger partial charge in [-0.1, -0.05) is 18.2 Å². The number of ether oxygens (including phenoxy) is 1. The fraction of sp³-hybridized carbons (Fsp3) is 0.158. The van der Waals surface area contributed by atoms with E-state index in [1.165, 1.54) is 30.3 Å². The van der Waals surface area contributed by atoms with Crippen LogP contribution in [0.3, 0.4) is 0 Å². The van der Waals surface area contributed by atoms with Gasteiger partial charge in [-0.3, -0.25) is 9.59 Å². The monoisotopic (exact) mass is 323 g/mol. The molecule has 0 atom stereocenters. The van der Waals surface area contributed by atoms with Crippen LogP contribution in [-0.2, 0) is 0 Å². The summed E-state index contributed by atoms with van der Waals surface area (Å²) in [5, 5.41) is 10.0. The highest BCUT2D eigenvalue weighted by molar-refractivity contribution is 6.30. The average molecular weight is 323 g/mol. The largest absolute Gasteiger partial charge is 0.507 e. The molecular formula is C19H17NO4. The Bertz CT molecular complexity index is 855. The topological polar surface area (TPSA) is 89.6 Å². The summed E-state index contributed by atoms with van der Waals surface area (Å²) in [4.78, 5) is 25.5. The zero-order chi connectivity index (χ0) is 17.3. The molecule has 1 aliphatic carbocycles. The van der Waals surface area contributed by atoms with Crippen LogP contribution in [0.2, 0.25) is 0 Å². The maximum Gasteiger partial charge on any atom is 0.201 e. The number of unbranched alkanes of at least 4 members (excludes halogenated alkanes) is 1. The third kappa shape index (κ3) is 2.54. The minimum Gasteiger partial charge on any atom is -0.507 e. The van der Waals surface area contributed by atoms with Gasteiger partial charge in [0.2, 0.25) is 5.78 Å². The third-order valence-electron chi connectivity index (χ3n) is 3.92. The molecular weight excluding hydrogens is 306 g/mol. The number of hydrogen-bond acceptors (Lipinski definition) is 5. The van der Waals surface area contributed by atoms with Crippen LogP contribution in [0.5, 0.6) is 11.5 Å². The summed E-state index contributed by atoms with van der Waals surface area (Å²) in [6, 6.07) is 7.44. The van der Waals surface area contributed by atoms with Gasteiger partial charge in [0.25, 0.3) is 0 Å². The second-order valence-corrected chi connectivity index (χ2v) is 5.58. The summed E-state index contributed by atoms with van der Waals surface area (Å²) in [5.74, 6) is -0.734. The average Bonchev–Trinajstić information content (AvgIpc) is 2.56. The van der Waals surface area contributed by atoms with Gasteiger partial charge >= 0.3 is 0 Å². The van der Waals surface area contributed by atoms with Crippen molar-refractivity contribution < 1.29 is 19.4 Å². The molecule has 5 heteroatoms. The first-order valence-corrected chi connectivity index (χ1v) is 7.63. The molecule has 0 amide bonds. The van der Waals surface area contributed by atoms with E-state index in [-0.39, 0.29) is 39.5 Å².